The fourth-order valence-electron chi connectivity index (χ4n) is 1.12. The summed E-state index contributed by atoms with van der Waals surface area (Å²) in [5.74, 6) is 0.527. The number of hydrogen-bond acceptors (Lipinski definition) is 2. The van der Waals surface area contributed by atoms with Crippen LogP contribution < -0.4 is 5.73 Å². The zero-order valence-electron chi connectivity index (χ0n) is 8.59. The molecular weight excluding hydrogens is 198 g/mol. The molecule has 0 aliphatic heterocycles. The summed E-state index contributed by atoms with van der Waals surface area (Å²) in [5, 5.41) is 0.675. The first-order chi connectivity index (χ1) is 6.61. The zero-order valence-corrected chi connectivity index (χ0v) is 9.34. The molecule has 1 aromatic rings. The van der Waals surface area contributed by atoms with E-state index in [1.807, 2.05) is 18.2 Å². The zero-order chi connectivity index (χ0) is 10.6. The fraction of sp³-hybridized carbons (Fsp3) is 0.455. The Hall–Kier alpha value is -0.730. The molecule has 0 fully saturated rings. The van der Waals surface area contributed by atoms with Crippen LogP contribution in [0.3, 0.4) is 0 Å². The second-order valence-electron chi connectivity index (χ2n) is 3.72. The van der Waals surface area contributed by atoms with Crippen molar-refractivity contribution >= 4 is 17.3 Å². The van der Waals surface area contributed by atoms with Crippen molar-refractivity contribution in [3.8, 4) is 0 Å². The molecule has 3 heteroatoms. The lowest BCUT2D eigenvalue weighted by Crippen LogP contribution is -2.04. The minimum absolute atomic E-state index is 0.490. The Kier molecular flexibility index (Phi) is 4.23. The number of hydrogen-bond donors (Lipinski definition) is 1. The van der Waals surface area contributed by atoms with Crippen molar-refractivity contribution in [3.63, 3.8) is 0 Å². The van der Waals surface area contributed by atoms with Crippen molar-refractivity contribution in [2.24, 2.45) is 5.92 Å². The number of nitrogen functional groups attached to an aromatic ring is 1. The van der Waals surface area contributed by atoms with E-state index in [1.165, 1.54) is 0 Å². The van der Waals surface area contributed by atoms with E-state index in [1.54, 1.807) is 0 Å². The van der Waals surface area contributed by atoms with E-state index in [-0.39, 0.29) is 0 Å². The molecule has 0 saturated heterocycles. The van der Waals surface area contributed by atoms with Crippen molar-refractivity contribution in [3.05, 3.63) is 28.8 Å². The van der Waals surface area contributed by atoms with Gasteiger partial charge >= 0.3 is 0 Å². The monoisotopic (exact) mass is 213 g/mol. The molecule has 0 radical (unpaired) electrons. The van der Waals surface area contributed by atoms with Crippen LogP contribution in [0.2, 0.25) is 5.02 Å². The van der Waals surface area contributed by atoms with Gasteiger partial charge in [-0.2, -0.15) is 0 Å². The summed E-state index contributed by atoms with van der Waals surface area (Å²) >= 11 is 5.98. The van der Waals surface area contributed by atoms with Gasteiger partial charge in [0, 0.05) is 22.9 Å². The minimum atomic E-state index is 0.490. The van der Waals surface area contributed by atoms with Crippen molar-refractivity contribution in [1.82, 2.24) is 0 Å². The molecule has 0 atom stereocenters. The van der Waals surface area contributed by atoms with Gasteiger partial charge in [0.15, 0.2) is 0 Å². The van der Waals surface area contributed by atoms with E-state index in [0.717, 1.165) is 12.2 Å². The van der Waals surface area contributed by atoms with Crippen LogP contribution in [0.1, 0.15) is 19.4 Å². The van der Waals surface area contributed by atoms with Gasteiger partial charge in [0.25, 0.3) is 0 Å². The maximum absolute atomic E-state index is 5.98. The molecule has 0 aromatic heterocycles. The van der Waals surface area contributed by atoms with Gasteiger partial charge in [-0.25, -0.2) is 0 Å². The highest BCUT2D eigenvalue weighted by molar-refractivity contribution is 6.31. The van der Waals surface area contributed by atoms with E-state index < -0.39 is 0 Å². The van der Waals surface area contributed by atoms with Gasteiger partial charge in [0.2, 0.25) is 0 Å². The van der Waals surface area contributed by atoms with Crippen LogP contribution in [0.25, 0.3) is 0 Å². The van der Waals surface area contributed by atoms with E-state index in [2.05, 4.69) is 13.8 Å². The Morgan fingerprint density at radius 3 is 2.71 bits per heavy atom. The standard InChI is InChI=1S/C11H16ClNO/c1-8(2)6-14-7-9-10(12)4-3-5-11(9)13/h3-5,8H,6-7,13H2,1-2H3. The van der Waals surface area contributed by atoms with Crippen molar-refractivity contribution in [2.45, 2.75) is 20.5 Å². The highest BCUT2D eigenvalue weighted by atomic mass is 35.5. The molecule has 2 nitrogen and oxygen atoms in total. The lowest BCUT2D eigenvalue weighted by atomic mass is 10.2. The first kappa shape index (κ1) is 11.3. The first-order valence-corrected chi connectivity index (χ1v) is 5.09. The Bertz CT molecular complexity index is 279. The molecule has 0 amide bonds. The Morgan fingerprint density at radius 2 is 2.14 bits per heavy atom. The summed E-state index contributed by atoms with van der Waals surface area (Å²) in [7, 11) is 0. The number of nitrogens with two attached hydrogens (primary N) is 1. The number of halogens is 1. The second kappa shape index (κ2) is 5.23. The molecular formula is C11H16ClNO. The van der Waals surface area contributed by atoms with Gasteiger partial charge in [0.05, 0.1) is 6.61 Å². The van der Waals surface area contributed by atoms with Gasteiger partial charge in [0.1, 0.15) is 0 Å². The lowest BCUT2D eigenvalue weighted by molar-refractivity contribution is 0.0975. The predicted octanol–water partition coefficient (Wildman–Crippen LogP) is 3.09. The first-order valence-electron chi connectivity index (χ1n) is 4.72. The number of anilines is 1. The average molecular weight is 214 g/mol. The summed E-state index contributed by atoms with van der Waals surface area (Å²) in [4.78, 5) is 0. The largest absolute Gasteiger partial charge is 0.398 e. The molecule has 0 aliphatic carbocycles. The Balaban J connectivity index is 2.58. The van der Waals surface area contributed by atoms with Gasteiger partial charge in [-0.05, 0) is 18.1 Å². The maximum atomic E-state index is 5.98. The van der Waals surface area contributed by atoms with E-state index in [0.29, 0.717) is 23.2 Å². The van der Waals surface area contributed by atoms with Gasteiger partial charge in [-0.3, -0.25) is 0 Å². The molecule has 0 heterocycles. The third-order valence-corrected chi connectivity index (χ3v) is 2.21. The summed E-state index contributed by atoms with van der Waals surface area (Å²) in [6.07, 6.45) is 0. The minimum Gasteiger partial charge on any atom is -0.398 e. The number of ether oxygens (including phenoxy) is 1. The summed E-state index contributed by atoms with van der Waals surface area (Å²) < 4.78 is 5.48. The molecule has 0 aliphatic rings. The van der Waals surface area contributed by atoms with Crippen molar-refractivity contribution < 1.29 is 4.74 Å². The smallest absolute Gasteiger partial charge is 0.0751 e. The Morgan fingerprint density at radius 1 is 1.43 bits per heavy atom. The summed E-state index contributed by atoms with van der Waals surface area (Å²) in [6, 6.07) is 5.50. The van der Waals surface area contributed by atoms with Crippen LogP contribution in [0.4, 0.5) is 5.69 Å². The highest BCUT2D eigenvalue weighted by Gasteiger charge is 2.04. The second-order valence-corrected chi connectivity index (χ2v) is 4.12. The average Bonchev–Trinajstić information content (AvgIpc) is 2.09. The topological polar surface area (TPSA) is 35.2 Å². The van der Waals surface area contributed by atoms with E-state index in [4.69, 9.17) is 22.1 Å². The highest BCUT2D eigenvalue weighted by Crippen LogP contribution is 2.22. The SMILES string of the molecule is CC(C)COCc1c(N)cccc1Cl. The Labute approximate surface area is 90.0 Å². The third kappa shape index (κ3) is 3.20. The summed E-state index contributed by atoms with van der Waals surface area (Å²) in [6.45, 7) is 5.43. The van der Waals surface area contributed by atoms with Crippen LogP contribution in [-0.2, 0) is 11.3 Å². The predicted molar refractivity (Wildman–Crippen MR) is 60.4 cm³/mol. The summed E-state index contributed by atoms with van der Waals surface area (Å²) in [5.41, 5.74) is 7.35. The van der Waals surface area contributed by atoms with Gasteiger partial charge in [-0.15, -0.1) is 0 Å². The number of benzene rings is 1. The fourth-order valence-corrected chi connectivity index (χ4v) is 1.36. The van der Waals surface area contributed by atoms with E-state index in [9.17, 15) is 0 Å². The van der Waals surface area contributed by atoms with Crippen LogP contribution >= 0.6 is 11.6 Å². The maximum Gasteiger partial charge on any atom is 0.0751 e. The molecule has 14 heavy (non-hydrogen) atoms. The molecule has 78 valence electrons. The van der Waals surface area contributed by atoms with E-state index >= 15 is 0 Å². The molecule has 0 saturated carbocycles. The van der Waals surface area contributed by atoms with Crippen LogP contribution in [0.15, 0.2) is 18.2 Å². The van der Waals surface area contributed by atoms with Gasteiger partial charge < -0.3 is 10.5 Å². The van der Waals surface area contributed by atoms with Crippen molar-refractivity contribution in [2.75, 3.05) is 12.3 Å². The lowest BCUT2D eigenvalue weighted by Gasteiger charge is -2.10. The quantitative estimate of drug-likeness (QED) is 0.781. The van der Waals surface area contributed by atoms with Crippen LogP contribution in [0.5, 0.6) is 0 Å². The van der Waals surface area contributed by atoms with Gasteiger partial charge in [-0.1, -0.05) is 31.5 Å². The molecule has 0 spiro atoms. The third-order valence-electron chi connectivity index (χ3n) is 1.85. The van der Waals surface area contributed by atoms with Crippen LogP contribution in [-0.4, -0.2) is 6.61 Å². The van der Waals surface area contributed by atoms with Crippen molar-refractivity contribution in [1.29, 1.82) is 0 Å². The normalized spacial score (nSPS) is 10.9. The molecule has 0 unspecified atom stereocenters. The number of rotatable bonds is 4. The molecule has 1 rings (SSSR count). The molecule has 1 aromatic carbocycles. The molecule has 0 bridgehead atoms. The van der Waals surface area contributed by atoms with Crippen LogP contribution in [0, 0.1) is 5.92 Å². The molecule has 2 N–H and O–H groups in total.